The zero-order chi connectivity index (χ0) is 13.8. The van der Waals surface area contributed by atoms with Crippen LogP contribution in [0.4, 0.5) is 0 Å². The fourth-order valence-corrected chi connectivity index (χ4v) is 2.55. The molecule has 3 heteroatoms. The lowest BCUT2D eigenvalue weighted by atomic mass is 10.1. The summed E-state index contributed by atoms with van der Waals surface area (Å²) in [6.45, 7) is 0. The number of hydrogen-bond acceptors (Lipinski definition) is 3. The van der Waals surface area contributed by atoms with Crippen LogP contribution in [0, 0.1) is 0 Å². The summed E-state index contributed by atoms with van der Waals surface area (Å²) in [6, 6.07) is 16.9. The maximum Gasteiger partial charge on any atom is 0.336 e. The van der Waals surface area contributed by atoms with E-state index in [9.17, 15) is 4.79 Å². The van der Waals surface area contributed by atoms with Gasteiger partial charge in [-0.15, -0.1) is 11.3 Å². The molecule has 0 fully saturated rings. The first-order valence-electron chi connectivity index (χ1n) is 6.24. The van der Waals surface area contributed by atoms with Crippen LogP contribution in [0.25, 0.3) is 23.5 Å². The molecule has 0 saturated heterocycles. The molecule has 3 aromatic rings. The standard InChI is InChI=1S/C17H12O2S/c18-16-11-9-14(8-10-15-7-4-12-20-15)17(19-16)13-5-2-1-3-6-13/h1-12H/b10-8+. The molecule has 3 rings (SSSR count). The van der Waals surface area contributed by atoms with E-state index in [0.29, 0.717) is 5.76 Å². The summed E-state index contributed by atoms with van der Waals surface area (Å²) in [5.74, 6) is 0.603. The van der Waals surface area contributed by atoms with Gasteiger partial charge in [-0.25, -0.2) is 4.79 Å². The van der Waals surface area contributed by atoms with Crippen LogP contribution >= 0.6 is 11.3 Å². The Kier molecular flexibility index (Phi) is 3.61. The topological polar surface area (TPSA) is 30.2 Å². The zero-order valence-corrected chi connectivity index (χ0v) is 11.5. The first kappa shape index (κ1) is 12.6. The van der Waals surface area contributed by atoms with Crippen LogP contribution in [-0.2, 0) is 0 Å². The smallest absolute Gasteiger partial charge is 0.336 e. The molecule has 98 valence electrons. The van der Waals surface area contributed by atoms with Crippen molar-refractivity contribution in [1.82, 2.24) is 0 Å². The van der Waals surface area contributed by atoms with Crippen LogP contribution in [0.5, 0.6) is 0 Å². The predicted molar refractivity (Wildman–Crippen MR) is 83.7 cm³/mol. The summed E-state index contributed by atoms with van der Waals surface area (Å²) in [5, 5.41) is 2.03. The van der Waals surface area contributed by atoms with Crippen molar-refractivity contribution in [2.45, 2.75) is 0 Å². The summed E-state index contributed by atoms with van der Waals surface area (Å²) in [5.41, 5.74) is 1.46. The largest absolute Gasteiger partial charge is 0.422 e. The fourth-order valence-electron chi connectivity index (χ4n) is 1.93. The van der Waals surface area contributed by atoms with Gasteiger partial charge in [0.2, 0.25) is 0 Å². The molecule has 0 aliphatic heterocycles. The average Bonchev–Trinajstić information content (AvgIpc) is 3.00. The predicted octanol–water partition coefficient (Wildman–Crippen LogP) is 4.54. The Labute approximate surface area is 120 Å². The van der Waals surface area contributed by atoms with Gasteiger partial charge >= 0.3 is 5.63 Å². The third kappa shape index (κ3) is 2.78. The molecule has 2 heterocycles. The fraction of sp³-hybridized carbons (Fsp3) is 0. The van der Waals surface area contributed by atoms with E-state index < -0.39 is 0 Å². The highest BCUT2D eigenvalue weighted by Crippen LogP contribution is 2.24. The Balaban J connectivity index is 2.05. The highest BCUT2D eigenvalue weighted by Gasteiger charge is 2.06. The first-order chi connectivity index (χ1) is 9.83. The monoisotopic (exact) mass is 280 g/mol. The van der Waals surface area contributed by atoms with Crippen molar-refractivity contribution in [2.75, 3.05) is 0 Å². The van der Waals surface area contributed by atoms with Crippen LogP contribution in [0.15, 0.2) is 69.2 Å². The molecule has 0 unspecified atom stereocenters. The summed E-state index contributed by atoms with van der Waals surface area (Å²) in [6.07, 6.45) is 3.99. The maximum atomic E-state index is 11.5. The van der Waals surface area contributed by atoms with Gasteiger partial charge in [-0.3, -0.25) is 0 Å². The second-order valence-corrected chi connectivity index (χ2v) is 5.23. The first-order valence-corrected chi connectivity index (χ1v) is 7.12. The van der Waals surface area contributed by atoms with E-state index in [1.165, 1.54) is 6.07 Å². The minimum Gasteiger partial charge on any atom is -0.422 e. The molecule has 0 atom stereocenters. The van der Waals surface area contributed by atoms with E-state index in [1.54, 1.807) is 17.4 Å². The van der Waals surface area contributed by atoms with Gasteiger partial charge in [0.15, 0.2) is 0 Å². The van der Waals surface area contributed by atoms with Gasteiger partial charge in [-0.05, 0) is 29.7 Å². The molecule has 0 aliphatic carbocycles. The Morgan fingerprint density at radius 3 is 2.50 bits per heavy atom. The van der Waals surface area contributed by atoms with Crippen molar-refractivity contribution < 1.29 is 4.42 Å². The third-order valence-corrected chi connectivity index (χ3v) is 3.71. The molecule has 0 radical (unpaired) electrons. The van der Waals surface area contributed by atoms with E-state index in [0.717, 1.165) is 16.0 Å². The molecule has 1 aromatic carbocycles. The van der Waals surface area contributed by atoms with Crippen molar-refractivity contribution in [3.8, 4) is 11.3 Å². The van der Waals surface area contributed by atoms with Crippen LogP contribution < -0.4 is 5.63 Å². The van der Waals surface area contributed by atoms with E-state index in [1.807, 2.05) is 60.0 Å². The summed E-state index contributed by atoms with van der Waals surface area (Å²) in [4.78, 5) is 12.6. The zero-order valence-electron chi connectivity index (χ0n) is 10.7. The van der Waals surface area contributed by atoms with Crippen LogP contribution in [0.2, 0.25) is 0 Å². The second-order valence-electron chi connectivity index (χ2n) is 4.25. The van der Waals surface area contributed by atoms with Crippen molar-refractivity contribution in [3.05, 3.63) is 80.8 Å². The highest BCUT2D eigenvalue weighted by molar-refractivity contribution is 7.10. The Bertz CT molecular complexity index is 768. The summed E-state index contributed by atoms with van der Waals surface area (Å²) >= 11 is 1.67. The lowest BCUT2D eigenvalue weighted by Crippen LogP contribution is -1.98. The molecule has 20 heavy (non-hydrogen) atoms. The second kappa shape index (κ2) is 5.72. The van der Waals surface area contributed by atoms with Gasteiger partial charge in [0.1, 0.15) is 5.76 Å². The van der Waals surface area contributed by atoms with E-state index >= 15 is 0 Å². The molecule has 0 bridgehead atoms. The van der Waals surface area contributed by atoms with Crippen molar-refractivity contribution in [2.24, 2.45) is 0 Å². The van der Waals surface area contributed by atoms with Gasteiger partial charge in [0, 0.05) is 22.1 Å². The molecular formula is C17H12O2S. The molecule has 2 nitrogen and oxygen atoms in total. The summed E-state index contributed by atoms with van der Waals surface area (Å²) in [7, 11) is 0. The molecule has 0 aliphatic rings. The van der Waals surface area contributed by atoms with Crippen LogP contribution in [0.3, 0.4) is 0 Å². The molecule has 2 aromatic heterocycles. The molecular weight excluding hydrogens is 268 g/mol. The minimum atomic E-state index is -0.336. The van der Waals surface area contributed by atoms with Gasteiger partial charge in [-0.2, -0.15) is 0 Å². The minimum absolute atomic E-state index is 0.336. The SMILES string of the molecule is O=c1ccc(/C=C/c2cccs2)c(-c2ccccc2)o1. The Morgan fingerprint density at radius 1 is 0.900 bits per heavy atom. The maximum absolute atomic E-state index is 11.5. The number of benzene rings is 1. The Morgan fingerprint density at radius 2 is 1.75 bits per heavy atom. The number of rotatable bonds is 3. The lowest BCUT2D eigenvalue weighted by molar-refractivity contribution is 0.525. The van der Waals surface area contributed by atoms with Gasteiger partial charge < -0.3 is 4.42 Å². The lowest BCUT2D eigenvalue weighted by Gasteiger charge is -2.03. The molecule has 0 spiro atoms. The average molecular weight is 280 g/mol. The van der Waals surface area contributed by atoms with Crippen molar-refractivity contribution >= 4 is 23.5 Å². The highest BCUT2D eigenvalue weighted by atomic mass is 32.1. The molecule has 0 amide bonds. The van der Waals surface area contributed by atoms with Crippen molar-refractivity contribution in [3.63, 3.8) is 0 Å². The van der Waals surface area contributed by atoms with Crippen LogP contribution in [-0.4, -0.2) is 0 Å². The van der Waals surface area contributed by atoms with E-state index in [-0.39, 0.29) is 5.63 Å². The van der Waals surface area contributed by atoms with E-state index in [2.05, 4.69) is 0 Å². The quantitative estimate of drug-likeness (QED) is 0.705. The van der Waals surface area contributed by atoms with Gasteiger partial charge in [0.05, 0.1) is 0 Å². The molecule has 0 saturated carbocycles. The normalized spacial score (nSPS) is 11.0. The van der Waals surface area contributed by atoms with Crippen molar-refractivity contribution in [1.29, 1.82) is 0 Å². The van der Waals surface area contributed by atoms with E-state index in [4.69, 9.17) is 4.42 Å². The third-order valence-electron chi connectivity index (χ3n) is 2.87. The van der Waals surface area contributed by atoms with Gasteiger partial charge in [-0.1, -0.05) is 36.4 Å². The van der Waals surface area contributed by atoms with Gasteiger partial charge in [0.25, 0.3) is 0 Å². The molecule has 0 N–H and O–H groups in total. The summed E-state index contributed by atoms with van der Waals surface area (Å²) < 4.78 is 5.36. The number of thiophene rings is 1. The number of hydrogen-bond donors (Lipinski definition) is 0. The Hall–Kier alpha value is -2.39. The van der Waals surface area contributed by atoms with Crippen LogP contribution in [0.1, 0.15) is 10.4 Å².